The molecule has 84 valence electrons. The maximum atomic E-state index is 8.76. The van der Waals surface area contributed by atoms with E-state index in [1.807, 2.05) is 0 Å². The Morgan fingerprint density at radius 2 is 2.00 bits per heavy atom. The van der Waals surface area contributed by atoms with E-state index in [2.05, 4.69) is 18.0 Å². The smallest absolute Gasteiger partial charge is 0.0656 e. The molecule has 1 aliphatic rings. The van der Waals surface area contributed by atoms with Crippen LogP contribution in [0.2, 0.25) is 0 Å². The molecule has 2 nitrogen and oxygen atoms in total. The summed E-state index contributed by atoms with van der Waals surface area (Å²) in [5.41, 5.74) is 1.36. The normalized spacial score (nSPS) is 21.1. The van der Waals surface area contributed by atoms with Gasteiger partial charge in [-0.1, -0.05) is 26.2 Å². The zero-order chi connectivity index (χ0) is 10.9. The van der Waals surface area contributed by atoms with Crippen molar-refractivity contribution in [3.8, 4) is 6.07 Å². The highest BCUT2D eigenvalue weighted by Gasteiger charge is 2.16. The number of nitrogens with zero attached hydrogens (tertiary/aromatic N) is 2. The van der Waals surface area contributed by atoms with Crippen molar-refractivity contribution in [2.24, 2.45) is 10.9 Å². The quantitative estimate of drug-likeness (QED) is 0.631. The van der Waals surface area contributed by atoms with E-state index in [0.717, 1.165) is 32.2 Å². The van der Waals surface area contributed by atoms with Crippen molar-refractivity contribution in [1.82, 2.24) is 0 Å². The third-order valence-electron chi connectivity index (χ3n) is 3.09. The lowest BCUT2D eigenvalue weighted by molar-refractivity contribution is 0.543. The van der Waals surface area contributed by atoms with Crippen molar-refractivity contribution in [3.63, 3.8) is 0 Å². The summed E-state index contributed by atoms with van der Waals surface area (Å²) in [5.74, 6) is 0.295. The van der Waals surface area contributed by atoms with Gasteiger partial charge in [-0.3, -0.25) is 4.99 Å². The molecule has 0 saturated heterocycles. The van der Waals surface area contributed by atoms with Gasteiger partial charge in [0, 0.05) is 18.2 Å². The fraction of sp³-hybridized carbons (Fsp3) is 0.846. The van der Waals surface area contributed by atoms with Crippen molar-refractivity contribution in [2.75, 3.05) is 6.54 Å². The molecule has 0 radical (unpaired) electrons. The molecular formula is C13H22N2. The summed E-state index contributed by atoms with van der Waals surface area (Å²) in [6.07, 6.45) is 9.36. The van der Waals surface area contributed by atoms with Gasteiger partial charge < -0.3 is 0 Å². The number of hydrogen-bond acceptors (Lipinski definition) is 2. The molecule has 0 aromatic carbocycles. The first kappa shape index (κ1) is 12.2. The van der Waals surface area contributed by atoms with Gasteiger partial charge in [-0.25, -0.2) is 0 Å². The molecular weight excluding hydrogens is 184 g/mol. The van der Waals surface area contributed by atoms with E-state index < -0.39 is 0 Å². The van der Waals surface area contributed by atoms with Gasteiger partial charge >= 0.3 is 0 Å². The largest absolute Gasteiger partial charge is 0.294 e. The average Bonchev–Trinajstić information content (AvgIpc) is 2.30. The van der Waals surface area contributed by atoms with Crippen LogP contribution in [0.1, 0.15) is 58.3 Å². The number of hydrogen-bond donors (Lipinski definition) is 0. The van der Waals surface area contributed by atoms with E-state index in [1.54, 1.807) is 0 Å². The number of unbranched alkanes of at least 4 members (excludes halogenated alkanes) is 3. The molecule has 1 aliphatic carbocycles. The summed E-state index contributed by atoms with van der Waals surface area (Å²) in [5, 5.41) is 8.76. The second-order valence-corrected chi connectivity index (χ2v) is 4.41. The van der Waals surface area contributed by atoms with Crippen LogP contribution in [0, 0.1) is 17.2 Å². The number of nitriles is 1. The third-order valence-corrected chi connectivity index (χ3v) is 3.09. The lowest BCUT2D eigenvalue weighted by atomic mass is 9.89. The minimum atomic E-state index is 0.295. The standard InChI is InChI=1S/C13H22N2/c1-2-3-4-5-10-15-13-8-6-12(11-14)7-9-13/h12H,2-10H2,1H3. The van der Waals surface area contributed by atoms with Gasteiger partial charge in [0.05, 0.1) is 6.07 Å². The van der Waals surface area contributed by atoms with Gasteiger partial charge in [0.15, 0.2) is 0 Å². The highest BCUT2D eigenvalue weighted by Crippen LogP contribution is 2.21. The Morgan fingerprint density at radius 1 is 1.27 bits per heavy atom. The molecule has 0 heterocycles. The summed E-state index contributed by atoms with van der Waals surface area (Å²) in [6.45, 7) is 3.24. The van der Waals surface area contributed by atoms with Gasteiger partial charge in [0.1, 0.15) is 0 Å². The van der Waals surface area contributed by atoms with Crippen molar-refractivity contribution >= 4 is 5.71 Å². The first-order chi connectivity index (χ1) is 7.36. The first-order valence-corrected chi connectivity index (χ1v) is 6.28. The van der Waals surface area contributed by atoms with Gasteiger partial charge in [-0.05, 0) is 32.1 Å². The van der Waals surface area contributed by atoms with Crippen LogP contribution in [0.4, 0.5) is 0 Å². The fourth-order valence-corrected chi connectivity index (χ4v) is 2.01. The van der Waals surface area contributed by atoms with Crippen LogP contribution in [0.25, 0.3) is 0 Å². The SMILES string of the molecule is CCCCCCN=C1CCC(C#N)CC1. The Labute approximate surface area is 93.4 Å². The zero-order valence-corrected chi connectivity index (χ0v) is 9.84. The van der Waals surface area contributed by atoms with Crippen LogP contribution in [0.3, 0.4) is 0 Å². The molecule has 1 saturated carbocycles. The van der Waals surface area contributed by atoms with Crippen LogP contribution in [-0.2, 0) is 0 Å². The van der Waals surface area contributed by atoms with Gasteiger partial charge in [-0.15, -0.1) is 0 Å². The van der Waals surface area contributed by atoms with E-state index in [-0.39, 0.29) is 0 Å². The molecule has 15 heavy (non-hydrogen) atoms. The average molecular weight is 206 g/mol. The second kappa shape index (κ2) is 7.45. The van der Waals surface area contributed by atoms with Crippen molar-refractivity contribution in [1.29, 1.82) is 5.26 Å². The van der Waals surface area contributed by atoms with Crippen molar-refractivity contribution < 1.29 is 0 Å². The van der Waals surface area contributed by atoms with Crippen LogP contribution < -0.4 is 0 Å². The van der Waals surface area contributed by atoms with Crippen LogP contribution in [0.5, 0.6) is 0 Å². The van der Waals surface area contributed by atoms with Crippen LogP contribution in [-0.4, -0.2) is 12.3 Å². The maximum absolute atomic E-state index is 8.76. The topological polar surface area (TPSA) is 36.1 Å². The Hall–Kier alpha value is -0.840. The summed E-state index contributed by atoms with van der Waals surface area (Å²) in [7, 11) is 0. The summed E-state index contributed by atoms with van der Waals surface area (Å²) in [4.78, 5) is 4.63. The summed E-state index contributed by atoms with van der Waals surface area (Å²) < 4.78 is 0. The second-order valence-electron chi connectivity index (χ2n) is 4.41. The predicted molar refractivity (Wildman–Crippen MR) is 64.0 cm³/mol. The fourth-order valence-electron chi connectivity index (χ4n) is 2.01. The zero-order valence-electron chi connectivity index (χ0n) is 9.84. The summed E-state index contributed by atoms with van der Waals surface area (Å²) >= 11 is 0. The highest BCUT2D eigenvalue weighted by atomic mass is 14.7. The van der Waals surface area contributed by atoms with Crippen LogP contribution >= 0.6 is 0 Å². The molecule has 0 aromatic heterocycles. The lowest BCUT2D eigenvalue weighted by Crippen LogP contribution is -2.13. The molecule has 0 atom stereocenters. The maximum Gasteiger partial charge on any atom is 0.0656 e. The van der Waals surface area contributed by atoms with Gasteiger partial charge in [-0.2, -0.15) is 5.26 Å². The van der Waals surface area contributed by atoms with Gasteiger partial charge in [0.25, 0.3) is 0 Å². The van der Waals surface area contributed by atoms with E-state index in [4.69, 9.17) is 5.26 Å². The molecule has 1 fully saturated rings. The molecule has 0 amide bonds. The van der Waals surface area contributed by atoms with Crippen LogP contribution in [0.15, 0.2) is 4.99 Å². The van der Waals surface area contributed by atoms with Crippen molar-refractivity contribution in [3.05, 3.63) is 0 Å². The van der Waals surface area contributed by atoms with Crippen molar-refractivity contribution in [2.45, 2.75) is 58.3 Å². The lowest BCUT2D eigenvalue weighted by Gasteiger charge is -2.17. The van der Waals surface area contributed by atoms with Gasteiger partial charge in [0.2, 0.25) is 0 Å². The Balaban J connectivity index is 2.11. The molecule has 0 N–H and O–H groups in total. The molecule has 0 unspecified atom stereocenters. The molecule has 0 spiro atoms. The number of rotatable bonds is 5. The van der Waals surface area contributed by atoms with E-state index in [1.165, 1.54) is 31.4 Å². The van der Waals surface area contributed by atoms with E-state index in [9.17, 15) is 0 Å². The minimum Gasteiger partial charge on any atom is -0.294 e. The van der Waals surface area contributed by atoms with E-state index >= 15 is 0 Å². The molecule has 2 heteroatoms. The minimum absolute atomic E-state index is 0.295. The third kappa shape index (κ3) is 4.97. The predicted octanol–water partition coefficient (Wildman–Crippen LogP) is 3.72. The Bertz CT molecular complexity index is 227. The molecule has 0 aromatic rings. The molecule has 1 rings (SSSR count). The molecule has 0 bridgehead atoms. The Morgan fingerprint density at radius 3 is 2.60 bits per heavy atom. The summed E-state index contributed by atoms with van der Waals surface area (Å²) in [6, 6.07) is 2.35. The Kier molecular flexibility index (Phi) is 6.08. The monoisotopic (exact) mass is 206 g/mol. The highest BCUT2D eigenvalue weighted by molar-refractivity contribution is 5.85. The first-order valence-electron chi connectivity index (χ1n) is 6.28. The molecule has 0 aliphatic heterocycles. The van der Waals surface area contributed by atoms with E-state index in [0.29, 0.717) is 5.92 Å². The number of aliphatic imine (C=N–C) groups is 1.